The summed E-state index contributed by atoms with van der Waals surface area (Å²) in [5.41, 5.74) is -0.604. The van der Waals surface area contributed by atoms with Crippen LogP contribution in [0.5, 0.6) is 0 Å². The van der Waals surface area contributed by atoms with Crippen molar-refractivity contribution in [3.8, 4) is 0 Å². The molecule has 0 N–H and O–H groups in total. The molecule has 1 amide bonds. The van der Waals surface area contributed by atoms with Crippen LogP contribution in [0.25, 0.3) is 0 Å². The third-order valence-corrected chi connectivity index (χ3v) is 2.06. The Morgan fingerprint density at radius 3 is 2.55 bits per heavy atom. The fourth-order valence-corrected chi connectivity index (χ4v) is 1.32. The van der Waals surface area contributed by atoms with Crippen LogP contribution in [0.2, 0.25) is 0 Å². The molecule has 0 aliphatic carbocycles. The predicted octanol–water partition coefficient (Wildman–Crippen LogP) is 0.586. The van der Waals surface area contributed by atoms with E-state index in [1.807, 2.05) is 0 Å². The van der Waals surface area contributed by atoms with Crippen LogP contribution < -0.4 is 0 Å². The first-order valence-corrected chi connectivity index (χ1v) is 3.85. The topological polar surface area (TPSA) is 37.4 Å². The van der Waals surface area contributed by atoms with Crippen molar-refractivity contribution in [3.05, 3.63) is 0 Å². The van der Waals surface area contributed by atoms with Crippen LogP contribution in [0.4, 0.5) is 0 Å². The Balaban J connectivity index is 2.73. The smallest absolute Gasteiger partial charge is 0.223 e. The zero-order valence-electron chi connectivity index (χ0n) is 6.96. The summed E-state index contributed by atoms with van der Waals surface area (Å²) >= 11 is 0. The number of rotatable bonds is 2. The molecule has 0 unspecified atom stereocenters. The first-order valence-electron chi connectivity index (χ1n) is 3.85. The largest absolute Gasteiger partial charge is 0.331 e. The van der Waals surface area contributed by atoms with E-state index in [4.69, 9.17) is 0 Å². The zero-order valence-corrected chi connectivity index (χ0v) is 6.96. The highest BCUT2D eigenvalue weighted by Gasteiger charge is 2.33. The van der Waals surface area contributed by atoms with Crippen molar-refractivity contribution in [2.45, 2.75) is 32.2 Å². The van der Waals surface area contributed by atoms with Gasteiger partial charge >= 0.3 is 0 Å². The van der Waals surface area contributed by atoms with E-state index in [2.05, 4.69) is 0 Å². The molecule has 1 fully saturated rings. The molecule has 0 atom stereocenters. The zero-order chi connectivity index (χ0) is 8.48. The van der Waals surface area contributed by atoms with Crippen LogP contribution in [0.3, 0.4) is 0 Å². The predicted molar refractivity (Wildman–Crippen MR) is 41.1 cm³/mol. The highest BCUT2D eigenvalue weighted by Crippen LogP contribution is 2.19. The number of aldehydes is 1. The maximum absolute atomic E-state index is 11.1. The van der Waals surface area contributed by atoms with Gasteiger partial charge in [0.2, 0.25) is 5.91 Å². The van der Waals surface area contributed by atoms with E-state index >= 15 is 0 Å². The van der Waals surface area contributed by atoms with Gasteiger partial charge in [0.15, 0.2) is 0 Å². The molecule has 62 valence electrons. The Morgan fingerprint density at radius 2 is 2.18 bits per heavy atom. The fraction of sp³-hybridized carbons (Fsp3) is 0.750. The van der Waals surface area contributed by atoms with Crippen molar-refractivity contribution >= 4 is 12.2 Å². The summed E-state index contributed by atoms with van der Waals surface area (Å²) in [4.78, 5) is 23.4. The Morgan fingerprint density at radius 1 is 1.55 bits per heavy atom. The standard InChI is InChI=1S/C8H13NO2/c1-8(2,6-10)9-5-3-4-7(9)11/h6H,3-5H2,1-2H3. The van der Waals surface area contributed by atoms with Crippen LogP contribution in [0.1, 0.15) is 26.7 Å². The summed E-state index contributed by atoms with van der Waals surface area (Å²) in [6.45, 7) is 4.26. The molecule has 1 rings (SSSR count). The summed E-state index contributed by atoms with van der Waals surface area (Å²) < 4.78 is 0. The molecule has 0 aromatic carbocycles. The quantitative estimate of drug-likeness (QED) is 0.547. The molecule has 0 aromatic rings. The first kappa shape index (κ1) is 8.24. The third-order valence-electron chi connectivity index (χ3n) is 2.06. The Hall–Kier alpha value is -0.860. The van der Waals surface area contributed by atoms with Crippen molar-refractivity contribution in [2.75, 3.05) is 6.54 Å². The lowest BCUT2D eigenvalue weighted by molar-refractivity contribution is -0.136. The molecular formula is C8H13NO2. The van der Waals surface area contributed by atoms with E-state index < -0.39 is 5.54 Å². The number of carbonyl (C=O) groups excluding carboxylic acids is 2. The highest BCUT2D eigenvalue weighted by molar-refractivity contribution is 5.83. The molecule has 0 bridgehead atoms. The van der Waals surface area contributed by atoms with Crippen LogP contribution in [0.15, 0.2) is 0 Å². The van der Waals surface area contributed by atoms with Crippen molar-refractivity contribution < 1.29 is 9.59 Å². The molecule has 1 aliphatic rings. The molecule has 0 spiro atoms. The molecule has 0 radical (unpaired) electrons. The second-order valence-corrected chi connectivity index (χ2v) is 3.42. The molecule has 1 aliphatic heterocycles. The molecule has 0 saturated carbocycles. The SMILES string of the molecule is CC(C)(C=O)N1CCCC1=O. The third kappa shape index (κ3) is 1.42. The first-order chi connectivity index (χ1) is 5.08. The summed E-state index contributed by atoms with van der Waals surface area (Å²) in [6, 6.07) is 0. The summed E-state index contributed by atoms with van der Waals surface area (Å²) in [7, 11) is 0. The average molecular weight is 155 g/mol. The lowest BCUT2D eigenvalue weighted by Gasteiger charge is -2.29. The lowest BCUT2D eigenvalue weighted by atomic mass is 10.1. The van der Waals surface area contributed by atoms with E-state index in [9.17, 15) is 9.59 Å². The Labute approximate surface area is 66.4 Å². The average Bonchev–Trinajstić information content (AvgIpc) is 2.36. The summed E-state index contributed by atoms with van der Waals surface area (Å²) in [5.74, 6) is 0.0992. The van der Waals surface area contributed by atoms with Gasteiger partial charge in [-0.3, -0.25) is 4.79 Å². The van der Waals surface area contributed by atoms with E-state index in [1.54, 1.807) is 18.7 Å². The van der Waals surface area contributed by atoms with Crippen molar-refractivity contribution in [3.63, 3.8) is 0 Å². The number of amides is 1. The summed E-state index contributed by atoms with van der Waals surface area (Å²) in [5, 5.41) is 0. The van der Waals surface area contributed by atoms with Crippen molar-refractivity contribution in [1.82, 2.24) is 4.90 Å². The van der Waals surface area contributed by atoms with Crippen LogP contribution in [0, 0.1) is 0 Å². The maximum Gasteiger partial charge on any atom is 0.223 e. The minimum atomic E-state index is -0.604. The van der Waals surface area contributed by atoms with Gasteiger partial charge in [0, 0.05) is 13.0 Å². The maximum atomic E-state index is 11.1. The van der Waals surface area contributed by atoms with Crippen LogP contribution >= 0.6 is 0 Å². The molecule has 3 heteroatoms. The monoisotopic (exact) mass is 155 g/mol. The van der Waals surface area contributed by atoms with Crippen LogP contribution in [-0.4, -0.2) is 29.2 Å². The van der Waals surface area contributed by atoms with Gasteiger partial charge in [-0.05, 0) is 20.3 Å². The van der Waals surface area contributed by atoms with Gasteiger partial charge < -0.3 is 9.69 Å². The van der Waals surface area contributed by atoms with Gasteiger partial charge in [-0.2, -0.15) is 0 Å². The molecule has 1 saturated heterocycles. The molecule has 1 heterocycles. The lowest BCUT2D eigenvalue weighted by Crippen LogP contribution is -2.45. The van der Waals surface area contributed by atoms with Crippen molar-refractivity contribution in [1.29, 1.82) is 0 Å². The van der Waals surface area contributed by atoms with Gasteiger partial charge in [0.05, 0.1) is 5.54 Å². The number of carbonyl (C=O) groups is 2. The van der Waals surface area contributed by atoms with Crippen molar-refractivity contribution in [2.24, 2.45) is 0 Å². The molecule has 11 heavy (non-hydrogen) atoms. The van der Waals surface area contributed by atoms with Gasteiger partial charge in [-0.1, -0.05) is 0 Å². The minimum Gasteiger partial charge on any atom is -0.331 e. The second-order valence-electron chi connectivity index (χ2n) is 3.42. The van der Waals surface area contributed by atoms with E-state index in [0.717, 1.165) is 19.3 Å². The van der Waals surface area contributed by atoms with Crippen LogP contribution in [-0.2, 0) is 9.59 Å². The van der Waals surface area contributed by atoms with E-state index in [0.29, 0.717) is 6.42 Å². The Kier molecular flexibility index (Phi) is 1.98. The minimum absolute atomic E-state index is 0.0992. The van der Waals surface area contributed by atoms with Gasteiger partial charge in [-0.15, -0.1) is 0 Å². The number of hydrogen-bond donors (Lipinski definition) is 0. The van der Waals surface area contributed by atoms with E-state index in [1.165, 1.54) is 0 Å². The molecule has 3 nitrogen and oxygen atoms in total. The van der Waals surface area contributed by atoms with Gasteiger partial charge in [0.1, 0.15) is 6.29 Å². The molecule has 0 aromatic heterocycles. The number of hydrogen-bond acceptors (Lipinski definition) is 2. The normalized spacial score (nSPS) is 19.1. The second kappa shape index (κ2) is 2.64. The highest BCUT2D eigenvalue weighted by atomic mass is 16.2. The van der Waals surface area contributed by atoms with E-state index in [-0.39, 0.29) is 5.91 Å². The molecular weight excluding hydrogens is 142 g/mol. The summed E-state index contributed by atoms with van der Waals surface area (Å²) in [6.07, 6.45) is 2.31. The van der Waals surface area contributed by atoms with Gasteiger partial charge in [-0.25, -0.2) is 0 Å². The Bertz CT molecular complexity index is 187. The number of nitrogens with zero attached hydrogens (tertiary/aromatic N) is 1. The van der Waals surface area contributed by atoms with Gasteiger partial charge in [0.25, 0.3) is 0 Å². The number of likely N-dealkylation sites (tertiary alicyclic amines) is 1. The fourth-order valence-electron chi connectivity index (χ4n) is 1.32.